The molecule has 108 valence electrons. The standard InChI is InChI=1S/C12H15N3O5/c1-7(16)8-3-9(14(2)4-8)12(20)15(5-10(13)17)6-11(18)19/h3-4H,5-6H2,1-2H3,(H2,13,17)(H,18,19). The summed E-state index contributed by atoms with van der Waals surface area (Å²) in [5, 5.41) is 8.75. The molecule has 20 heavy (non-hydrogen) atoms. The number of aliphatic carboxylic acids is 1. The average molecular weight is 281 g/mol. The summed E-state index contributed by atoms with van der Waals surface area (Å²) >= 11 is 0. The number of aryl methyl sites for hydroxylation is 1. The van der Waals surface area contributed by atoms with Crippen LogP contribution in [-0.4, -0.2) is 51.2 Å². The number of rotatable bonds is 6. The third-order valence-electron chi connectivity index (χ3n) is 2.59. The summed E-state index contributed by atoms with van der Waals surface area (Å²) < 4.78 is 1.40. The van der Waals surface area contributed by atoms with Crippen LogP contribution < -0.4 is 5.73 Å². The molecular formula is C12H15N3O5. The number of ketones is 1. The molecule has 1 aromatic heterocycles. The molecule has 0 radical (unpaired) electrons. The topological polar surface area (TPSA) is 123 Å². The van der Waals surface area contributed by atoms with Gasteiger partial charge in [-0.2, -0.15) is 0 Å². The van der Waals surface area contributed by atoms with Gasteiger partial charge in [-0.3, -0.25) is 19.2 Å². The van der Waals surface area contributed by atoms with Crippen molar-refractivity contribution >= 4 is 23.6 Å². The maximum absolute atomic E-state index is 12.2. The van der Waals surface area contributed by atoms with E-state index in [1.165, 1.54) is 23.8 Å². The Morgan fingerprint density at radius 1 is 1.30 bits per heavy atom. The molecule has 0 aromatic carbocycles. The number of hydrogen-bond donors (Lipinski definition) is 2. The predicted molar refractivity (Wildman–Crippen MR) is 68.2 cm³/mol. The maximum Gasteiger partial charge on any atom is 0.323 e. The smallest absolute Gasteiger partial charge is 0.323 e. The van der Waals surface area contributed by atoms with Gasteiger partial charge in [0.15, 0.2) is 5.78 Å². The Morgan fingerprint density at radius 3 is 2.30 bits per heavy atom. The molecule has 0 aliphatic carbocycles. The van der Waals surface area contributed by atoms with Gasteiger partial charge in [0, 0.05) is 18.8 Å². The predicted octanol–water partition coefficient (Wildman–Crippen LogP) is -0.760. The van der Waals surface area contributed by atoms with Gasteiger partial charge in [-0.1, -0.05) is 0 Å². The SMILES string of the molecule is CC(=O)c1cc(C(=O)N(CC(N)=O)CC(=O)O)n(C)c1. The van der Waals surface area contributed by atoms with Gasteiger partial charge in [0.25, 0.3) is 5.91 Å². The first-order valence-electron chi connectivity index (χ1n) is 5.69. The summed E-state index contributed by atoms with van der Waals surface area (Å²) in [6.07, 6.45) is 1.46. The number of carboxylic acid groups (broad SMARTS) is 1. The van der Waals surface area contributed by atoms with Crippen LogP contribution in [0.3, 0.4) is 0 Å². The summed E-state index contributed by atoms with van der Waals surface area (Å²) in [5.41, 5.74) is 5.42. The van der Waals surface area contributed by atoms with E-state index in [2.05, 4.69) is 0 Å². The lowest BCUT2D eigenvalue weighted by atomic mass is 10.2. The van der Waals surface area contributed by atoms with Gasteiger partial charge >= 0.3 is 5.97 Å². The first-order valence-corrected chi connectivity index (χ1v) is 5.69. The van der Waals surface area contributed by atoms with Crippen molar-refractivity contribution in [3.8, 4) is 0 Å². The van der Waals surface area contributed by atoms with Crippen molar-refractivity contribution in [3.63, 3.8) is 0 Å². The lowest BCUT2D eigenvalue weighted by Gasteiger charge is -2.19. The summed E-state index contributed by atoms with van der Waals surface area (Å²) in [5.74, 6) is -2.98. The van der Waals surface area contributed by atoms with E-state index in [0.717, 1.165) is 4.90 Å². The molecule has 8 nitrogen and oxygen atoms in total. The van der Waals surface area contributed by atoms with E-state index in [0.29, 0.717) is 5.56 Å². The zero-order valence-electron chi connectivity index (χ0n) is 11.1. The Balaban J connectivity index is 3.07. The summed E-state index contributed by atoms with van der Waals surface area (Å²) in [6, 6.07) is 1.35. The van der Waals surface area contributed by atoms with Crippen molar-refractivity contribution in [3.05, 3.63) is 23.5 Å². The molecule has 0 fully saturated rings. The number of Topliss-reactive ketones (excluding diaryl/α,β-unsaturated/α-hetero) is 1. The van der Waals surface area contributed by atoms with E-state index in [4.69, 9.17) is 10.8 Å². The fourth-order valence-corrected chi connectivity index (χ4v) is 1.68. The van der Waals surface area contributed by atoms with Gasteiger partial charge in [-0.05, 0) is 13.0 Å². The van der Waals surface area contributed by atoms with Crippen LogP contribution in [0.1, 0.15) is 27.8 Å². The highest BCUT2D eigenvalue weighted by Crippen LogP contribution is 2.11. The van der Waals surface area contributed by atoms with Crippen LogP contribution in [-0.2, 0) is 16.6 Å². The highest BCUT2D eigenvalue weighted by Gasteiger charge is 2.23. The van der Waals surface area contributed by atoms with Gasteiger partial charge in [0.1, 0.15) is 18.8 Å². The summed E-state index contributed by atoms with van der Waals surface area (Å²) in [4.78, 5) is 45.9. The monoisotopic (exact) mass is 281 g/mol. The molecule has 0 saturated carbocycles. The Morgan fingerprint density at radius 2 is 1.90 bits per heavy atom. The fraction of sp³-hybridized carbons (Fsp3) is 0.333. The van der Waals surface area contributed by atoms with Crippen molar-refractivity contribution in [2.75, 3.05) is 13.1 Å². The zero-order chi connectivity index (χ0) is 15.4. The lowest BCUT2D eigenvalue weighted by molar-refractivity contribution is -0.138. The Bertz CT molecular complexity index is 560. The second kappa shape index (κ2) is 6.00. The van der Waals surface area contributed by atoms with Crippen molar-refractivity contribution in [1.82, 2.24) is 9.47 Å². The van der Waals surface area contributed by atoms with E-state index in [1.54, 1.807) is 7.05 Å². The number of nitrogens with zero attached hydrogens (tertiary/aromatic N) is 2. The minimum atomic E-state index is -1.26. The number of carbonyl (C=O) groups excluding carboxylic acids is 3. The normalized spacial score (nSPS) is 10.1. The molecule has 8 heteroatoms. The minimum absolute atomic E-state index is 0.109. The number of carboxylic acids is 1. The Hall–Kier alpha value is -2.64. The maximum atomic E-state index is 12.2. The van der Waals surface area contributed by atoms with Crippen LogP contribution in [0, 0.1) is 0 Å². The van der Waals surface area contributed by atoms with Crippen molar-refractivity contribution in [2.24, 2.45) is 12.8 Å². The summed E-state index contributed by atoms with van der Waals surface area (Å²) in [7, 11) is 1.54. The molecule has 2 amide bonds. The van der Waals surface area contributed by atoms with Crippen molar-refractivity contribution in [1.29, 1.82) is 0 Å². The second-order valence-corrected chi connectivity index (χ2v) is 4.30. The van der Waals surface area contributed by atoms with Gasteiger partial charge in [0.2, 0.25) is 5.91 Å². The summed E-state index contributed by atoms with van der Waals surface area (Å²) in [6.45, 7) is 0.191. The van der Waals surface area contributed by atoms with Crippen LogP contribution in [0.15, 0.2) is 12.3 Å². The Kier molecular flexibility index (Phi) is 4.63. The third-order valence-corrected chi connectivity index (χ3v) is 2.59. The number of aromatic nitrogens is 1. The largest absolute Gasteiger partial charge is 0.480 e. The average Bonchev–Trinajstić information content (AvgIpc) is 2.68. The first-order chi connectivity index (χ1) is 9.22. The van der Waals surface area contributed by atoms with Crippen molar-refractivity contribution < 1.29 is 24.3 Å². The number of amides is 2. The lowest BCUT2D eigenvalue weighted by Crippen LogP contribution is -2.42. The highest BCUT2D eigenvalue weighted by molar-refractivity contribution is 6.01. The van der Waals surface area contributed by atoms with Gasteiger partial charge < -0.3 is 20.3 Å². The molecule has 0 saturated heterocycles. The molecule has 1 heterocycles. The van der Waals surface area contributed by atoms with Crippen molar-refractivity contribution in [2.45, 2.75) is 6.92 Å². The quantitative estimate of drug-likeness (QED) is 0.663. The van der Waals surface area contributed by atoms with Gasteiger partial charge in [-0.25, -0.2) is 0 Å². The molecule has 1 aromatic rings. The molecule has 0 unspecified atom stereocenters. The van der Waals surface area contributed by atoms with E-state index in [1.807, 2.05) is 0 Å². The van der Waals surface area contributed by atoms with E-state index < -0.39 is 30.9 Å². The third kappa shape index (κ3) is 3.67. The minimum Gasteiger partial charge on any atom is -0.480 e. The Labute approximate surface area is 114 Å². The molecule has 0 aliphatic rings. The van der Waals surface area contributed by atoms with Gasteiger partial charge in [0.05, 0.1) is 0 Å². The molecule has 0 atom stereocenters. The van der Waals surface area contributed by atoms with Crippen LogP contribution in [0.5, 0.6) is 0 Å². The van der Waals surface area contributed by atoms with Crippen LogP contribution in [0.4, 0.5) is 0 Å². The van der Waals surface area contributed by atoms with E-state index >= 15 is 0 Å². The van der Waals surface area contributed by atoms with Crippen LogP contribution in [0.2, 0.25) is 0 Å². The molecule has 3 N–H and O–H groups in total. The first kappa shape index (κ1) is 15.4. The zero-order valence-corrected chi connectivity index (χ0v) is 11.1. The number of nitrogens with two attached hydrogens (primary N) is 1. The number of carbonyl (C=O) groups is 4. The molecule has 0 aliphatic heterocycles. The second-order valence-electron chi connectivity index (χ2n) is 4.30. The van der Waals surface area contributed by atoms with E-state index in [9.17, 15) is 19.2 Å². The van der Waals surface area contributed by atoms with Crippen LogP contribution in [0.25, 0.3) is 0 Å². The number of hydrogen-bond acceptors (Lipinski definition) is 4. The fourth-order valence-electron chi connectivity index (χ4n) is 1.68. The number of primary amides is 1. The van der Waals surface area contributed by atoms with E-state index in [-0.39, 0.29) is 11.5 Å². The van der Waals surface area contributed by atoms with Crippen LogP contribution >= 0.6 is 0 Å². The highest BCUT2D eigenvalue weighted by atomic mass is 16.4. The van der Waals surface area contributed by atoms with Gasteiger partial charge in [-0.15, -0.1) is 0 Å². The molecule has 1 rings (SSSR count). The molecular weight excluding hydrogens is 266 g/mol. The molecule has 0 spiro atoms. The molecule has 0 bridgehead atoms.